The summed E-state index contributed by atoms with van der Waals surface area (Å²) in [4.78, 5) is 15.2. The third-order valence-corrected chi connectivity index (χ3v) is 5.51. The normalized spacial score (nSPS) is 16.9. The number of aromatic amines is 1. The molecule has 0 aliphatic carbocycles. The lowest BCUT2D eigenvalue weighted by Crippen LogP contribution is -2.52. The van der Waals surface area contributed by atoms with E-state index >= 15 is 0 Å². The SMILES string of the molecule is CCC(CC)C(CNC(=O)c1n[nH]c2ccc(C)cc12)N1CCOCC1. The van der Waals surface area contributed by atoms with Gasteiger partial charge < -0.3 is 10.1 Å². The fourth-order valence-electron chi connectivity index (χ4n) is 3.92. The van der Waals surface area contributed by atoms with Crippen molar-refractivity contribution in [2.45, 2.75) is 39.7 Å². The molecule has 3 rings (SSSR count). The number of amides is 1. The molecule has 6 nitrogen and oxygen atoms in total. The molecule has 2 heterocycles. The second-order valence-corrected chi connectivity index (χ2v) is 7.12. The fraction of sp³-hybridized carbons (Fsp3) is 0.600. The number of rotatable bonds is 7. The summed E-state index contributed by atoms with van der Waals surface area (Å²) in [5.41, 5.74) is 2.50. The molecule has 0 saturated carbocycles. The Kier molecular flexibility index (Phi) is 6.27. The van der Waals surface area contributed by atoms with Crippen LogP contribution in [0.3, 0.4) is 0 Å². The van der Waals surface area contributed by atoms with Crippen LogP contribution >= 0.6 is 0 Å². The molecule has 0 spiro atoms. The van der Waals surface area contributed by atoms with E-state index in [2.05, 4.69) is 34.3 Å². The van der Waals surface area contributed by atoms with E-state index in [1.54, 1.807) is 0 Å². The molecule has 1 fully saturated rings. The van der Waals surface area contributed by atoms with Crippen LogP contribution in [0.2, 0.25) is 0 Å². The van der Waals surface area contributed by atoms with Crippen molar-refractivity contribution in [1.29, 1.82) is 0 Å². The quantitative estimate of drug-likeness (QED) is 0.798. The van der Waals surface area contributed by atoms with Crippen LogP contribution in [0.5, 0.6) is 0 Å². The number of ether oxygens (including phenoxy) is 1. The molecule has 6 heteroatoms. The molecule has 1 amide bonds. The molecular weight excluding hydrogens is 328 g/mol. The second kappa shape index (κ2) is 8.64. The highest BCUT2D eigenvalue weighted by Crippen LogP contribution is 2.21. The average molecular weight is 358 g/mol. The van der Waals surface area contributed by atoms with E-state index < -0.39 is 0 Å². The van der Waals surface area contributed by atoms with Crippen molar-refractivity contribution < 1.29 is 9.53 Å². The summed E-state index contributed by atoms with van der Waals surface area (Å²) in [6.07, 6.45) is 2.22. The van der Waals surface area contributed by atoms with Crippen molar-refractivity contribution in [3.63, 3.8) is 0 Å². The molecule has 0 bridgehead atoms. The number of aromatic nitrogens is 2. The Labute approximate surface area is 155 Å². The molecule has 142 valence electrons. The number of H-pyrrole nitrogens is 1. The van der Waals surface area contributed by atoms with E-state index in [4.69, 9.17) is 4.74 Å². The van der Waals surface area contributed by atoms with Gasteiger partial charge in [-0.15, -0.1) is 0 Å². The lowest BCUT2D eigenvalue weighted by Gasteiger charge is -2.38. The number of fused-ring (bicyclic) bond motifs is 1. The largest absolute Gasteiger partial charge is 0.379 e. The van der Waals surface area contributed by atoms with Gasteiger partial charge in [0.25, 0.3) is 5.91 Å². The van der Waals surface area contributed by atoms with Crippen LogP contribution in [0.1, 0.15) is 42.7 Å². The molecule has 2 aromatic rings. The van der Waals surface area contributed by atoms with Gasteiger partial charge in [0, 0.05) is 31.1 Å². The van der Waals surface area contributed by atoms with Gasteiger partial charge >= 0.3 is 0 Å². The fourth-order valence-corrected chi connectivity index (χ4v) is 3.92. The molecule has 26 heavy (non-hydrogen) atoms. The Morgan fingerprint density at radius 2 is 2.04 bits per heavy atom. The number of nitrogens with zero attached hydrogens (tertiary/aromatic N) is 2. The van der Waals surface area contributed by atoms with Gasteiger partial charge in [-0.3, -0.25) is 14.8 Å². The zero-order valence-corrected chi connectivity index (χ0v) is 16.0. The molecule has 1 aliphatic heterocycles. The number of hydrogen-bond acceptors (Lipinski definition) is 4. The van der Waals surface area contributed by atoms with Crippen molar-refractivity contribution in [2.75, 3.05) is 32.8 Å². The summed E-state index contributed by atoms with van der Waals surface area (Å²) < 4.78 is 5.50. The minimum absolute atomic E-state index is 0.105. The molecular formula is C20H30N4O2. The van der Waals surface area contributed by atoms with Gasteiger partial charge in [-0.2, -0.15) is 5.10 Å². The van der Waals surface area contributed by atoms with E-state index in [1.165, 1.54) is 0 Å². The van der Waals surface area contributed by atoms with Gasteiger partial charge in [-0.05, 0) is 25.0 Å². The van der Waals surface area contributed by atoms with Crippen molar-refractivity contribution >= 4 is 16.8 Å². The summed E-state index contributed by atoms with van der Waals surface area (Å²) in [6, 6.07) is 6.33. The van der Waals surface area contributed by atoms with Crippen LogP contribution in [0, 0.1) is 12.8 Å². The summed E-state index contributed by atoms with van der Waals surface area (Å²) in [5.74, 6) is 0.456. The topological polar surface area (TPSA) is 70.2 Å². The van der Waals surface area contributed by atoms with Gasteiger partial charge in [-0.25, -0.2) is 0 Å². The average Bonchev–Trinajstić information content (AvgIpc) is 3.08. The maximum absolute atomic E-state index is 12.8. The van der Waals surface area contributed by atoms with E-state index in [0.29, 0.717) is 24.2 Å². The van der Waals surface area contributed by atoms with Crippen molar-refractivity contribution in [3.8, 4) is 0 Å². The number of benzene rings is 1. The maximum Gasteiger partial charge on any atom is 0.272 e. The van der Waals surface area contributed by atoms with E-state index in [0.717, 1.165) is 55.6 Å². The highest BCUT2D eigenvalue weighted by atomic mass is 16.5. The number of hydrogen-bond donors (Lipinski definition) is 2. The lowest BCUT2D eigenvalue weighted by atomic mass is 9.92. The van der Waals surface area contributed by atoms with Crippen LogP contribution in [-0.4, -0.2) is 59.9 Å². The number of morpholine rings is 1. The number of aryl methyl sites for hydroxylation is 1. The van der Waals surface area contributed by atoms with E-state index in [-0.39, 0.29) is 5.91 Å². The lowest BCUT2D eigenvalue weighted by molar-refractivity contribution is 0.00190. The maximum atomic E-state index is 12.8. The minimum Gasteiger partial charge on any atom is -0.379 e. The van der Waals surface area contributed by atoms with Crippen LogP contribution in [0.4, 0.5) is 0 Å². The number of carbonyl (C=O) groups excluding carboxylic acids is 1. The van der Waals surface area contributed by atoms with E-state index in [9.17, 15) is 4.79 Å². The zero-order chi connectivity index (χ0) is 18.5. The minimum atomic E-state index is -0.105. The van der Waals surface area contributed by atoms with Gasteiger partial charge in [0.15, 0.2) is 5.69 Å². The molecule has 1 unspecified atom stereocenters. The standard InChI is InChI=1S/C20H30N4O2/c1-4-15(5-2)18(24-8-10-26-11-9-24)13-21-20(25)19-16-12-14(3)6-7-17(16)22-23-19/h6-7,12,15,18H,4-5,8-11,13H2,1-3H3,(H,21,25)(H,22,23). The van der Waals surface area contributed by atoms with Crippen LogP contribution in [0.25, 0.3) is 10.9 Å². The molecule has 1 aliphatic rings. The third kappa shape index (κ3) is 4.07. The van der Waals surface area contributed by atoms with Gasteiger partial charge in [0.1, 0.15) is 0 Å². The Hall–Kier alpha value is -1.92. The monoisotopic (exact) mass is 358 g/mol. The summed E-state index contributed by atoms with van der Waals surface area (Å²) in [6.45, 7) is 10.5. The summed E-state index contributed by atoms with van der Waals surface area (Å²) >= 11 is 0. The summed E-state index contributed by atoms with van der Waals surface area (Å²) in [7, 11) is 0. The van der Waals surface area contributed by atoms with Crippen LogP contribution < -0.4 is 5.32 Å². The highest BCUT2D eigenvalue weighted by molar-refractivity contribution is 6.04. The Bertz CT molecular complexity index is 732. The highest BCUT2D eigenvalue weighted by Gasteiger charge is 2.27. The second-order valence-electron chi connectivity index (χ2n) is 7.12. The molecule has 1 saturated heterocycles. The molecule has 2 N–H and O–H groups in total. The Balaban J connectivity index is 1.72. The number of carbonyl (C=O) groups is 1. The molecule has 1 atom stereocenters. The molecule has 1 aromatic carbocycles. The number of nitrogens with one attached hydrogen (secondary N) is 2. The zero-order valence-electron chi connectivity index (χ0n) is 16.0. The first-order valence-electron chi connectivity index (χ1n) is 9.68. The van der Waals surface area contributed by atoms with E-state index in [1.807, 2.05) is 25.1 Å². The first-order chi connectivity index (χ1) is 12.6. The Morgan fingerprint density at radius 3 is 2.73 bits per heavy atom. The van der Waals surface area contributed by atoms with Crippen molar-refractivity contribution in [1.82, 2.24) is 20.4 Å². The van der Waals surface area contributed by atoms with Gasteiger partial charge in [0.2, 0.25) is 0 Å². The molecule has 0 radical (unpaired) electrons. The van der Waals surface area contributed by atoms with Crippen LogP contribution in [0.15, 0.2) is 18.2 Å². The first kappa shape index (κ1) is 18.9. The van der Waals surface area contributed by atoms with Gasteiger partial charge in [-0.1, -0.05) is 38.3 Å². The van der Waals surface area contributed by atoms with Crippen molar-refractivity contribution in [3.05, 3.63) is 29.5 Å². The molecule has 1 aromatic heterocycles. The van der Waals surface area contributed by atoms with Gasteiger partial charge in [0.05, 0.1) is 18.7 Å². The van der Waals surface area contributed by atoms with Crippen molar-refractivity contribution in [2.24, 2.45) is 5.92 Å². The summed E-state index contributed by atoms with van der Waals surface area (Å²) in [5, 5.41) is 11.2. The predicted molar refractivity (Wildman–Crippen MR) is 103 cm³/mol. The van der Waals surface area contributed by atoms with Crippen LogP contribution in [-0.2, 0) is 4.74 Å². The third-order valence-electron chi connectivity index (χ3n) is 5.51. The Morgan fingerprint density at radius 1 is 1.31 bits per heavy atom. The first-order valence-corrected chi connectivity index (χ1v) is 9.68. The smallest absolute Gasteiger partial charge is 0.272 e. The predicted octanol–water partition coefficient (Wildman–Crippen LogP) is 2.74.